The molecule has 37 heavy (non-hydrogen) atoms. The highest BCUT2D eigenvalue weighted by molar-refractivity contribution is 5.96. The molecule has 0 amide bonds. The van der Waals surface area contributed by atoms with Crippen molar-refractivity contribution in [1.29, 1.82) is 0 Å². The SMILES string of the molecule is CN(C)CCOc1cc(F)cc(-c2nccc3[nH]c(-c4n[nH]c5ccc(C6CCNCC6)cc45)nc23)c1. The van der Waals surface area contributed by atoms with E-state index in [9.17, 15) is 4.39 Å². The molecule has 4 heterocycles. The second kappa shape index (κ2) is 9.91. The van der Waals surface area contributed by atoms with E-state index in [-0.39, 0.29) is 5.82 Å². The fourth-order valence-electron chi connectivity index (χ4n) is 5.01. The first kappa shape index (κ1) is 23.6. The van der Waals surface area contributed by atoms with Gasteiger partial charge in [0.05, 0.1) is 16.7 Å². The second-order valence-electron chi connectivity index (χ2n) is 9.87. The van der Waals surface area contributed by atoms with Gasteiger partial charge in [0.1, 0.15) is 29.4 Å². The number of nitrogens with one attached hydrogen (secondary N) is 3. The molecule has 2 aromatic carbocycles. The number of imidazole rings is 1. The van der Waals surface area contributed by atoms with E-state index in [2.05, 4.69) is 43.7 Å². The molecule has 1 saturated heterocycles. The van der Waals surface area contributed by atoms with E-state index in [1.807, 2.05) is 31.1 Å². The highest BCUT2D eigenvalue weighted by Gasteiger charge is 2.20. The minimum Gasteiger partial charge on any atom is -0.492 e. The molecule has 3 aromatic heterocycles. The van der Waals surface area contributed by atoms with Crippen LogP contribution in [-0.2, 0) is 0 Å². The molecule has 3 N–H and O–H groups in total. The Morgan fingerprint density at radius 1 is 1.03 bits per heavy atom. The van der Waals surface area contributed by atoms with Gasteiger partial charge in [0.15, 0.2) is 5.82 Å². The minimum atomic E-state index is -0.379. The number of hydrogen-bond acceptors (Lipinski definition) is 6. The molecule has 0 atom stereocenters. The van der Waals surface area contributed by atoms with E-state index in [0.29, 0.717) is 40.9 Å². The van der Waals surface area contributed by atoms with Crippen LogP contribution in [0.3, 0.4) is 0 Å². The van der Waals surface area contributed by atoms with E-state index in [0.717, 1.165) is 54.6 Å². The number of likely N-dealkylation sites (N-methyl/N-ethyl adjacent to an activating group) is 1. The van der Waals surface area contributed by atoms with Crippen molar-refractivity contribution in [2.75, 3.05) is 40.3 Å². The largest absolute Gasteiger partial charge is 0.492 e. The molecule has 0 unspecified atom stereocenters. The number of aromatic nitrogens is 5. The van der Waals surface area contributed by atoms with Crippen molar-refractivity contribution in [1.82, 2.24) is 35.4 Å². The number of aromatic amines is 2. The number of nitrogens with zero attached hydrogens (tertiary/aromatic N) is 4. The van der Waals surface area contributed by atoms with Gasteiger partial charge in [0, 0.05) is 29.8 Å². The van der Waals surface area contributed by atoms with Crippen molar-refractivity contribution in [3.05, 3.63) is 60.0 Å². The first-order chi connectivity index (χ1) is 18.0. The summed E-state index contributed by atoms with van der Waals surface area (Å²) in [6.45, 7) is 3.29. The monoisotopic (exact) mass is 499 g/mol. The topological polar surface area (TPSA) is 94.8 Å². The molecule has 6 rings (SSSR count). The number of piperidine rings is 1. The molecular weight excluding hydrogens is 469 g/mol. The Labute approximate surface area is 214 Å². The molecule has 0 radical (unpaired) electrons. The van der Waals surface area contributed by atoms with Gasteiger partial charge in [-0.05, 0) is 81.8 Å². The Bertz CT molecular complexity index is 1550. The Morgan fingerprint density at radius 3 is 2.73 bits per heavy atom. The smallest absolute Gasteiger partial charge is 0.159 e. The van der Waals surface area contributed by atoms with E-state index in [1.54, 1.807) is 6.20 Å². The quantitative estimate of drug-likeness (QED) is 0.300. The second-order valence-corrected chi connectivity index (χ2v) is 9.87. The van der Waals surface area contributed by atoms with Gasteiger partial charge in [-0.15, -0.1) is 0 Å². The number of H-pyrrole nitrogens is 2. The van der Waals surface area contributed by atoms with Gasteiger partial charge in [-0.25, -0.2) is 9.37 Å². The molecule has 0 bridgehead atoms. The van der Waals surface area contributed by atoms with Crippen molar-refractivity contribution in [2.45, 2.75) is 18.8 Å². The van der Waals surface area contributed by atoms with Gasteiger partial charge < -0.3 is 19.9 Å². The fourth-order valence-corrected chi connectivity index (χ4v) is 5.01. The minimum absolute atomic E-state index is 0.379. The summed E-state index contributed by atoms with van der Waals surface area (Å²) in [6, 6.07) is 13.1. The molecule has 0 aliphatic carbocycles. The predicted octanol–water partition coefficient (Wildman–Crippen LogP) is 4.71. The number of halogens is 1. The molecule has 1 aliphatic rings. The number of rotatable bonds is 7. The summed E-state index contributed by atoms with van der Waals surface area (Å²) in [5.74, 6) is 1.28. The molecule has 0 saturated carbocycles. The van der Waals surface area contributed by atoms with Crippen LogP contribution in [0.4, 0.5) is 4.39 Å². The van der Waals surface area contributed by atoms with Crippen molar-refractivity contribution in [3.8, 4) is 28.5 Å². The van der Waals surface area contributed by atoms with Gasteiger partial charge in [-0.3, -0.25) is 10.1 Å². The Balaban J connectivity index is 1.37. The van der Waals surface area contributed by atoms with Gasteiger partial charge in [0.25, 0.3) is 0 Å². The molecule has 5 aromatic rings. The summed E-state index contributed by atoms with van der Waals surface area (Å²) < 4.78 is 20.3. The standard InChI is InChI=1S/C28H30FN7O/c1-36(2)11-12-37-21-14-19(13-20(29)16-21)25-27-24(7-10-31-25)32-28(33-27)26-22-15-18(3-4-23(22)34-35-26)17-5-8-30-9-6-17/h3-4,7,10,13-17,30H,5-6,8-9,11-12H2,1-2H3,(H,32,33)(H,34,35). The lowest BCUT2D eigenvalue weighted by atomic mass is 9.89. The molecule has 0 spiro atoms. The Kier molecular flexibility index (Phi) is 6.31. The molecule has 1 fully saturated rings. The third kappa shape index (κ3) is 4.80. The van der Waals surface area contributed by atoms with Crippen LogP contribution in [0.5, 0.6) is 5.75 Å². The zero-order chi connectivity index (χ0) is 25.4. The highest BCUT2D eigenvalue weighted by Crippen LogP contribution is 2.34. The zero-order valence-corrected chi connectivity index (χ0v) is 21.0. The summed E-state index contributed by atoms with van der Waals surface area (Å²) in [5, 5.41) is 12.2. The first-order valence-electron chi connectivity index (χ1n) is 12.7. The lowest BCUT2D eigenvalue weighted by Gasteiger charge is -2.23. The van der Waals surface area contributed by atoms with Crippen LogP contribution in [-0.4, -0.2) is 70.4 Å². The van der Waals surface area contributed by atoms with Crippen LogP contribution in [0.25, 0.3) is 44.7 Å². The van der Waals surface area contributed by atoms with Crippen LogP contribution in [0.15, 0.2) is 48.7 Å². The number of fused-ring (bicyclic) bond motifs is 2. The van der Waals surface area contributed by atoms with Crippen molar-refractivity contribution >= 4 is 21.9 Å². The average Bonchev–Trinajstić information content (AvgIpc) is 3.52. The maximum Gasteiger partial charge on any atom is 0.159 e. The van der Waals surface area contributed by atoms with Gasteiger partial charge >= 0.3 is 0 Å². The van der Waals surface area contributed by atoms with E-state index < -0.39 is 0 Å². The number of benzene rings is 2. The predicted molar refractivity (Wildman–Crippen MR) is 143 cm³/mol. The van der Waals surface area contributed by atoms with E-state index >= 15 is 0 Å². The number of ether oxygens (including phenoxy) is 1. The van der Waals surface area contributed by atoms with Crippen LogP contribution in [0.1, 0.15) is 24.3 Å². The molecule has 1 aliphatic heterocycles. The van der Waals surface area contributed by atoms with Crippen molar-refractivity contribution in [3.63, 3.8) is 0 Å². The third-order valence-corrected chi connectivity index (χ3v) is 6.97. The van der Waals surface area contributed by atoms with Gasteiger partial charge in [0.2, 0.25) is 0 Å². The van der Waals surface area contributed by atoms with Crippen LogP contribution in [0, 0.1) is 5.82 Å². The van der Waals surface area contributed by atoms with Crippen LogP contribution in [0.2, 0.25) is 0 Å². The van der Waals surface area contributed by atoms with Crippen molar-refractivity contribution in [2.24, 2.45) is 0 Å². The summed E-state index contributed by atoms with van der Waals surface area (Å²) in [4.78, 5) is 14.9. The zero-order valence-electron chi connectivity index (χ0n) is 21.0. The van der Waals surface area contributed by atoms with E-state index in [4.69, 9.17) is 9.72 Å². The average molecular weight is 500 g/mol. The summed E-state index contributed by atoms with van der Waals surface area (Å²) in [5.41, 5.74) is 5.74. The lowest BCUT2D eigenvalue weighted by Crippen LogP contribution is -2.26. The maximum atomic E-state index is 14.5. The first-order valence-corrected chi connectivity index (χ1v) is 12.7. The normalized spacial score (nSPS) is 14.7. The van der Waals surface area contributed by atoms with Crippen molar-refractivity contribution < 1.29 is 9.13 Å². The van der Waals surface area contributed by atoms with Crippen LogP contribution >= 0.6 is 0 Å². The number of pyridine rings is 1. The molecule has 8 nitrogen and oxygen atoms in total. The van der Waals surface area contributed by atoms with E-state index in [1.165, 1.54) is 17.7 Å². The van der Waals surface area contributed by atoms with Gasteiger partial charge in [-0.2, -0.15) is 5.10 Å². The summed E-state index contributed by atoms with van der Waals surface area (Å²) in [7, 11) is 3.94. The van der Waals surface area contributed by atoms with Crippen LogP contribution < -0.4 is 10.1 Å². The Morgan fingerprint density at radius 2 is 1.89 bits per heavy atom. The maximum absolute atomic E-state index is 14.5. The molecule has 9 heteroatoms. The van der Waals surface area contributed by atoms with Gasteiger partial charge in [-0.1, -0.05) is 6.07 Å². The Hall–Kier alpha value is -3.82. The number of hydrogen-bond donors (Lipinski definition) is 3. The summed E-state index contributed by atoms with van der Waals surface area (Å²) >= 11 is 0. The lowest BCUT2D eigenvalue weighted by molar-refractivity contribution is 0.260. The molecule has 190 valence electrons. The highest BCUT2D eigenvalue weighted by atomic mass is 19.1. The summed E-state index contributed by atoms with van der Waals surface area (Å²) in [6.07, 6.45) is 3.97. The fraction of sp³-hybridized carbons (Fsp3) is 0.321. The third-order valence-electron chi connectivity index (χ3n) is 6.97. The molecular formula is C28H30FN7O.